The molecule has 73 heavy (non-hydrogen) atoms. The predicted molar refractivity (Wildman–Crippen MR) is 292 cm³/mol. The molecule has 0 aliphatic carbocycles. The van der Waals surface area contributed by atoms with Gasteiger partial charge in [0.15, 0.2) is 0 Å². The number of thiazole rings is 2. The molecule has 19 heteroatoms. The molecule has 4 atom stereocenters. The second kappa shape index (κ2) is 23.8. The summed E-state index contributed by atoms with van der Waals surface area (Å²) < 4.78 is 2.53. The number of anilines is 4. The van der Waals surface area contributed by atoms with Gasteiger partial charge in [0.05, 0.1) is 60.3 Å². The van der Waals surface area contributed by atoms with Crippen LogP contribution in [0.5, 0.6) is 0 Å². The Morgan fingerprint density at radius 2 is 1.15 bits per heavy atom. The lowest BCUT2D eigenvalue weighted by Crippen LogP contribution is -2.46. The molecular weight excluding hydrogens is 961 g/mol. The SMILES string of the molecule is CC1CCC(c2ccc3sc(C4CCN(C)CC4)nc3c2)NC1.Cc1cc(NC(=O)C(=O)N2CC(C)CCC2c2ccc3sc(C4CCN(C)CC4)nc3c2)cnc1N.Cc1cc(NC(=O)C(=O)O)cnc1N. The highest BCUT2D eigenvalue weighted by Gasteiger charge is 2.35. The van der Waals surface area contributed by atoms with E-state index in [0.717, 1.165) is 67.9 Å². The van der Waals surface area contributed by atoms with Crippen LogP contribution < -0.4 is 27.4 Å². The summed E-state index contributed by atoms with van der Waals surface area (Å²) in [4.78, 5) is 71.6. The number of hydrogen-bond donors (Lipinski definition) is 6. The molecule has 2 aromatic carbocycles. The molecule has 8 heterocycles. The van der Waals surface area contributed by atoms with Crippen LogP contribution >= 0.6 is 22.7 Å². The van der Waals surface area contributed by atoms with E-state index in [1.54, 1.807) is 35.3 Å². The number of carboxylic acids is 1. The fourth-order valence-corrected chi connectivity index (χ4v) is 12.3. The molecule has 10 rings (SSSR count). The highest BCUT2D eigenvalue weighted by molar-refractivity contribution is 7.19. The number of piperidine rings is 4. The molecule has 4 aromatic heterocycles. The zero-order chi connectivity index (χ0) is 51.9. The summed E-state index contributed by atoms with van der Waals surface area (Å²) in [6.45, 7) is 14.3. The highest BCUT2D eigenvalue weighted by Crippen LogP contribution is 2.39. The number of hydrogen-bond acceptors (Lipinski definition) is 15. The number of likely N-dealkylation sites (tertiary alicyclic amines) is 3. The Morgan fingerprint density at radius 1 is 0.658 bits per heavy atom. The maximum absolute atomic E-state index is 13.3. The Kier molecular flexibility index (Phi) is 17.4. The highest BCUT2D eigenvalue weighted by atomic mass is 32.1. The number of carbonyl (C=O) groups is 4. The number of nitrogen functional groups attached to an aromatic ring is 2. The second-order valence-corrected chi connectivity index (χ2v) is 22.7. The maximum Gasteiger partial charge on any atom is 0.394 e. The number of nitrogens with zero attached hydrogens (tertiary/aromatic N) is 7. The molecule has 0 radical (unpaired) electrons. The van der Waals surface area contributed by atoms with Crippen LogP contribution in [0.15, 0.2) is 60.9 Å². The normalized spacial score (nSPS) is 21.2. The van der Waals surface area contributed by atoms with E-state index < -0.39 is 23.7 Å². The van der Waals surface area contributed by atoms with Gasteiger partial charge in [0.25, 0.3) is 0 Å². The number of fused-ring (bicyclic) bond motifs is 2. The monoisotopic (exact) mass is 1030 g/mol. The van der Waals surface area contributed by atoms with Crippen molar-refractivity contribution in [1.82, 2.24) is 40.0 Å². The summed E-state index contributed by atoms with van der Waals surface area (Å²) in [6, 6.07) is 16.9. The minimum Gasteiger partial charge on any atom is -0.474 e. The third-order valence-corrected chi connectivity index (χ3v) is 17.1. The van der Waals surface area contributed by atoms with Gasteiger partial charge in [0.1, 0.15) is 11.6 Å². The molecule has 4 unspecified atom stereocenters. The Balaban J connectivity index is 0.000000163. The van der Waals surface area contributed by atoms with Crippen molar-refractivity contribution < 1.29 is 24.3 Å². The number of nitrogens with two attached hydrogens (primary N) is 2. The lowest BCUT2D eigenvalue weighted by Gasteiger charge is -2.38. The number of aliphatic carboxylic acids is 1. The van der Waals surface area contributed by atoms with Crippen LogP contribution in [0.4, 0.5) is 23.0 Å². The van der Waals surface area contributed by atoms with Gasteiger partial charge in [-0.3, -0.25) is 14.4 Å². The fourth-order valence-electron chi connectivity index (χ4n) is 10.0. The molecule has 17 nitrogen and oxygen atoms in total. The lowest BCUT2D eigenvalue weighted by atomic mass is 9.89. The van der Waals surface area contributed by atoms with Gasteiger partial charge in [0.2, 0.25) is 0 Å². The minimum atomic E-state index is -1.54. The van der Waals surface area contributed by atoms with E-state index in [1.165, 1.54) is 81.7 Å². The summed E-state index contributed by atoms with van der Waals surface area (Å²) in [6.07, 6.45) is 12.0. The number of pyridine rings is 2. The zero-order valence-corrected chi connectivity index (χ0v) is 44.5. The summed E-state index contributed by atoms with van der Waals surface area (Å²) >= 11 is 3.70. The number of benzene rings is 2. The van der Waals surface area contributed by atoms with Gasteiger partial charge < -0.3 is 47.2 Å². The van der Waals surface area contributed by atoms with Crippen molar-refractivity contribution in [3.05, 3.63) is 93.2 Å². The number of amides is 3. The molecule has 388 valence electrons. The van der Waals surface area contributed by atoms with Gasteiger partial charge in [0, 0.05) is 24.4 Å². The van der Waals surface area contributed by atoms with Crippen LogP contribution in [0.3, 0.4) is 0 Å². The van der Waals surface area contributed by atoms with E-state index in [4.69, 9.17) is 26.5 Å². The summed E-state index contributed by atoms with van der Waals surface area (Å²) in [5, 5.41) is 19.4. The number of carboxylic acid groups (broad SMARTS) is 1. The maximum atomic E-state index is 13.3. The van der Waals surface area contributed by atoms with Crippen molar-refractivity contribution in [2.75, 3.05) is 75.5 Å². The van der Waals surface area contributed by atoms with E-state index in [-0.39, 0.29) is 6.04 Å². The van der Waals surface area contributed by atoms with Crippen molar-refractivity contribution in [2.24, 2.45) is 11.8 Å². The van der Waals surface area contributed by atoms with Gasteiger partial charge in [-0.05, 0) is 183 Å². The van der Waals surface area contributed by atoms with Crippen LogP contribution in [0.2, 0.25) is 0 Å². The molecule has 0 saturated carbocycles. The van der Waals surface area contributed by atoms with E-state index in [1.807, 2.05) is 18.3 Å². The number of aryl methyl sites for hydroxylation is 2. The standard InChI is InChI=1S/C27H34N6O2S.C19H27N3S.C8H9N3O3/c1-16-4-6-22(33(15-16)27(35)25(34)30-20-12-17(2)24(28)29-14-20)19-5-7-23-21(13-19)31-26(36-23)18-8-10-32(3)11-9-18;1-13-3-5-16(20-12-13)15-4-6-18-17(11-15)21-19(23-18)14-7-9-22(2)10-8-14;1-4-2-5(3-10-6(4)9)11-7(12)8(13)14/h5,7,12-14,16,18,22H,4,6,8-11,15H2,1-3H3,(H2,28,29)(H,30,34);4,6,11,13-14,16,20H,3,5,7-10,12H2,1-2H3;2-3H,1H3,(H2,9,10)(H,11,12)(H,13,14). The third-order valence-electron chi connectivity index (χ3n) is 14.7. The molecule has 0 bridgehead atoms. The molecule has 0 spiro atoms. The minimum absolute atomic E-state index is 0.149. The molecular formula is C54H70N12O5S2. The second-order valence-electron chi connectivity index (χ2n) is 20.6. The Morgan fingerprint density at radius 3 is 1.64 bits per heavy atom. The molecule has 4 saturated heterocycles. The molecule has 6 aromatic rings. The third kappa shape index (κ3) is 13.5. The van der Waals surface area contributed by atoms with E-state index in [0.29, 0.717) is 58.9 Å². The number of carbonyl (C=O) groups excluding carboxylic acids is 3. The van der Waals surface area contributed by atoms with Gasteiger partial charge in [-0.2, -0.15) is 0 Å². The lowest BCUT2D eigenvalue weighted by molar-refractivity contribution is -0.147. The van der Waals surface area contributed by atoms with Crippen molar-refractivity contribution in [2.45, 2.75) is 103 Å². The van der Waals surface area contributed by atoms with Gasteiger partial charge >= 0.3 is 23.7 Å². The summed E-state index contributed by atoms with van der Waals surface area (Å²) in [5.74, 6) is -0.741. The Labute approximate surface area is 435 Å². The van der Waals surface area contributed by atoms with Crippen LogP contribution in [-0.2, 0) is 19.2 Å². The first-order valence-electron chi connectivity index (χ1n) is 25.5. The van der Waals surface area contributed by atoms with E-state index in [9.17, 15) is 19.2 Å². The van der Waals surface area contributed by atoms with E-state index in [2.05, 4.69) is 100 Å². The van der Waals surface area contributed by atoms with Crippen molar-refractivity contribution >= 4 is 89.8 Å². The molecule has 4 aliphatic rings. The average molecular weight is 1030 g/mol. The Bertz CT molecular complexity index is 2900. The topological polar surface area (TPSA) is 238 Å². The summed E-state index contributed by atoms with van der Waals surface area (Å²) in [5.41, 5.74) is 18.1. The molecule has 4 aliphatic heterocycles. The van der Waals surface area contributed by atoms with Crippen LogP contribution in [0.1, 0.15) is 121 Å². The van der Waals surface area contributed by atoms with Gasteiger partial charge in [-0.1, -0.05) is 26.0 Å². The summed E-state index contributed by atoms with van der Waals surface area (Å²) in [7, 11) is 4.39. The fraction of sp³-hybridized carbons (Fsp3) is 0.481. The molecule has 4 fully saturated rings. The number of nitrogens with one attached hydrogen (secondary N) is 3. The van der Waals surface area contributed by atoms with Crippen LogP contribution in [0, 0.1) is 25.7 Å². The van der Waals surface area contributed by atoms with Gasteiger partial charge in [-0.25, -0.2) is 24.7 Å². The van der Waals surface area contributed by atoms with Crippen molar-refractivity contribution in [1.29, 1.82) is 0 Å². The van der Waals surface area contributed by atoms with E-state index >= 15 is 0 Å². The predicted octanol–water partition coefficient (Wildman–Crippen LogP) is 8.49. The molecule has 3 amide bonds. The average Bonchev–Trinajstić information content (AvgIpc) is 4.01. The van der Waals surface area contributed by atoms with Crippen LogP contribution in [0.25, 0.3) is 20.4 Å². The Hall–Kier alpha value is -6.12. The first kappa shape index (κ1) is 53.2. The van der Waals surface area contributed by atoms with Crippen LogP contribution in [-0.4, -0.2) is 117 Å². The first-order chi connectivity index (χ1) is 35.0. The molecule has 8 N–H and O–H groups in total. The largest absolute Gasteiger partial charge is 0.474 e. The smallest absolute Gasteiger partial charge is 0.394 e. The van der Waals surface area contributed by atoms with Crippen molar-refractivity contribution in [3.8, 4) is 0 Å². The zero-order valence-electron chi connectivity index (χ0n) is 42.8. The van der Waals surface area contributed by atoms with Gasteiger partial charge in [-0.15, -0.1) is 22.7 Å². The number of rotatable bonds is 6. The number of aromatic nitrogens is 4. The van der Waals surface area contributed by atoms with Crippen molar-refractivity contribution in [3.63, 3.8) is 0 Å². The first-order valence-corrected chi connectivity index (χ1v) is 27.1. The quantitative estimate of drug-likeness (QED) is 0.0859.